The third-order valence-corrected chi connectivity index (χ3v) is 4.84. The van der Waals surface area contributed by atoms with Crippen molar-refractivity contribution in [3.8, 4) is 5.75 Å². The van der Waals surface area contributed by atoms with E-state index in [1.165, 1.54) is 0 Å². The van der Waals surface area contributed by atoms with E-state index < -0.39 is 0 Å². The van der Waals surface area contributed by atoms with E-state index in [0.717, 1.165) is 16.5 Å². The van der Waals surface area contributed by atoms with Gasteiger partial charge in [0.15, 0.2) is 0 Å². The summed E-state index contributed by atoms with van der Waals surface area (Å²) in [5.41, 5.74) is 2.60. The monoisotopic (exact) mass is 466 g/mol. The van der Waals surface area contributed by atoms with Crippen LogP contribution in [0.15, 0.2) is 77.3 Å². The van der Waals surface area contributed by atoms with E-state index in [1.54, 1.807) is 36.4 Å². The molecule has 0 aliphatic heterocycles. The largest absolute Gasteiger partial charge is 0.493 e. The SMILES string of the molecule is CCCOc1ccc(Br)cc1C(=O)Nc1ccc(C(=O)NCc2ccccc2)cc1. The fourth-order valence-corrected chi connectivity index (χ4v) is 3.16. The Labute approximate surface area is 184 Å². The van der Waals surface area contributed by atoms with Crippen LogP contribution in [0.2, 0.25) is 0 Å². The van der Waals surface area contributed by atoms with Gasteiger partial charge in [0.05, 0.1) is 12.2 Å². The Bertz CT molecular complexity index is 1000. The van der Waals surface area contributed by atoms with Crippen molar-refractivity contribution < 1.29 is 14.3 Å². The van der Waals surface area contributed by atoms with Crippen molar-refractivity contribution in [2.75, 3.05) is 11.9 Å². The first-order valence-electron chi connectivity index (χ1n) is 9.72. The van der Waals surface area contributed by atoms with Crippen LogP contribution >= 0.6 is 15.9 Å². The summed E-state index contributed by atoms with van der Waals surface area (Å²) in [5, 5.41) is 5.74. The maximum Gasteiger partial charge on any atom is 0.259 e. The highest BCUT2D eigenvalue weighted by Gasteiger charge is 2.14. The lowest BCUT2D eigenvalue weighted by Gasteiger charge is -2.12. The number of amides is 2. The minimum atomic E-state index is -0.274. The first kappa shape index (κ1) is 21.6. The molecule has 30 heavy (non-hydrogen) atoms. The average molecular weight is 467 g/mol. The Kier molecular flexibility index (Phi) is 7.63. The molecule has 5 nitrogen and oxygen atoms in total. The van der Waals surface area contributed by atoms with E-state index in [9.17, 15) is 9.59 Å². The Hall–Kier alpha value is -3.12. The van der Waals surface area contributed by atoms with Crippen LogP contribution in [0, 0.1) is 0 Å². The molecule has 0 unspecified atom stereocenters. The Morgan fingerprint density at radius 3 is 2.37 bits per heavy atom. The summed E-state index contributed by atoms with van der Waals surface area (Å²) in [5.74, 6) is 0.0945. The summed E-state index contributed by atoms with van der Waals surface area (Å²) in [7, 11) is 0. The van der Waals surface area contributed by atoms with Gasteiger partial charge in [-0.2, -0.15) is 0 Å². The molecule has 0 saturated carbocycles. The van der Waals surface area contributed by atoms with Gasteiger partial charge in [-0.25, -0.2) is 0 Å². The minimum Gasteiger partial charge on any atom is -0.493 e. The molecule has 0 saturated heterocycles. The molecule has 0 aromatic heterocycles. The summed E-state index contributed by atoms with van der Waals surface area (Å²) in [4.78, 5) is 25.1. The zero-order valence-corrected chi connectivity index (χ0v) is 18.2. The van der Waals surface area contributed by atoms with Crippen molar-refractivity contribution in [2.45, 2.75) is 19.9 Å². The smallest absolute Gasteiger partial charge is 0.259 e. The van der Waals surface area contributed by atoms with Gasteiger partial charge in [-0.05, 0) is 54.4 Å². The van der Waals surface area contributed by atoms with Crippen LogP contribution in [0.3, 0.4) is 0 Å². The van der Waals surface area contributed by atoms with Crippen LogP contribution in [-0.4, -0.2) is 18.4 Å². The standard InChI is InChI=1S/C24H23BrN2O3/c1-2-14-30-22-13-10-19(25)15-21(22)24(29)27-20-11-8-18(9-12-20)23(28)26-16-17-6-4-3-5-7-17/h3-13,15H,2,14,16H2,1H3,(H,26,28)(H,27,29). The summed E-state index contributed by atoms with van der Waals surface area (Å²) in [6.07, 6.45) is 0.852. The fraction of sp³-hybridized carbons (Fsp3) is 0.167. The van der Waals surface area contributed by atoms with E-state index in [-0.39, 0.29) is 11.8 Å². The number of hydrogen-bond acceptors (Lipinski definition) is 3. The number of nitrogens with one attached hydrogen (secondary N) is 2. The van der Waals surface area contributed by atoms with Crippen molar-refractivity contribution in [1.29, 1.82) is 0 Å². The highest BCUT2D eigenvalue weighted by molar-refractivity contribution is 9.10. The van der Waals surface area contributed by atoms with Gasteiger partial charge in [0, 0.05) is 22.3 Å². The normalized spacial score (nSPS) is 10.3. The predicted octanol–water partition coefficient (Wildman–Crippen LogP) is 5.42. The van der Waals surface area contributed by atoms with Crippen LogP contribution in [-0.2, 0) is 6.54 Å². The zero-order chi connectivity index (χ0) is 21.3. The van der Waals surface area contributed by atoms with Gasteiger partial charge < -0.3 is 15.4 Å². The molecule has 3 aromatic rings. The summed E-state index contributed by atoms with van der Waals surface area (Å²) < 4.78 is 6.47. The summed E-state index contributed by atoms with van der Waals surface area (Å²) in [6.45, 7) is 3.01. The Morgan fingerprint density at radius 2 is 1.67 bits per heavy atom. The lowest BCUT2D eigenvalue weighted by Crippen LogP contribution is -2.22. The Balaban J connectivity index is 1.63. The van der Waals surface area contributed by atoms with Crippen molar-refractivity contribution in [3.05, 3.63) is 94.0 Å². The second-order valence-corrected chi connectivity index (χ2v) is 7.60. The molecule has 3 aromatic carbocycles. The molecule has 3 rings (SSSR count). The second-order valence-electron chi connectivity index (χ2n) is 6.69. The number of rotatable bonds is 8. The van der Waals surface area contributed by atoms with E-state index in [1.807, 2.05) is 43.3 Å². The molecule has 0 aliphatic carbocycles. The van der Waals surface area contributed by atoms with Gasteiger partial charge in [-0.3, -0.25) is 9.59 Å². The molecule has 2 amide bonds. The fourth-order valence-electron chi connectivity index (χ4n) is 2.80. The van der Waals surface area contributed by atoms with Gasteiger partial charge in [-0.15, -0.1) is 0 Å². The summed E-state index contributed by atoms with van der Waals surface area (Å²) >= 11 is 3.40. The molecule has 0 spiro atoms. The number of halogens is 1. The molecule has 0 atom stereocenters. The first-order valence-corrected chi connectivity index (χ1v) is 10.5. The first-order chi connectivity index (χ1) is 14.6. The van der Waals surface area contributed by atoms with E-state index in [2.05, 4.69) is 26.6 Å². The number of benzene rings is 3. The topological polar surface area (TPSA) is 67.4 Å². The predicted molar refractivity (Wildman–Crippen MR) is 122 cm³/mol. The number of ether oxygens (including phenoxy) is 1. The van der Waals surface area contributed by atoms with Gasteiger partial charge in [0.25, 0.3) is 11.8 Å². The van der Waals surface area contributed by atoms with Crippen molar-refractivity contribution in [3.63, 3.8) is 0 Å². The number of anilines is 1. The summed E-state index contributed by atoms with van der Waals surface area (Å²) in [6, 6.07) is 21.8. The second kappa shape index (κ2) is 10.6. The zero-order valence-electron chi connectivity index (χ0n) is 16.7. The molecule has 0 aliphatic rings. The van der Waals surface area contributed by atoms with Crippen molar-refractivity contribution in [2.24, 2.45) is 0 Å². The van der Waals surface area contributed by atoms with Crippen LogP contribution in [0.5, 0.6) is 5.75 Å². The van der Waals surface area contributed by atoms with Gasteiger partial charge >= 0.3 is 0 Å². The highest BCUT2D eigenvalue weighted by atomic mass is 79.9. The van der Waals surface area contributed by atoms with Crippen LogP contribution in [0.25, 0.3) is 0 Å². The molecular formula is C24H23BrN2O3. The van der Waals surface area contributed by atoms with Crippen LogP contribution in [0.4, 0.5) is 5.69 Å². The number of carbonyl (C=O) groups excluding carboxylic acids is 2. The Morgan fingerprint density at radius 1 is 0.933 bits per heavy atom. The number of hydrogen-bond donors (Lipinski definition) is 2. The molecule has 0 radical (unpaired) electrons. The third kappa shape index (κ3) is 5.94. The maximum absolute atomic E-state index is 12.7. The van der Waals surface area contributed by atoms with Gasteiger partial charge in [0.2, 0.25) is 0 Å². The van der Waals surface area contributed by atoms with Gasteiger partial charge in [-0.1, -0.05) is 53.2 Å². The highest BCUT2D eigenvalue weighted by Crippen LogP contribution is 2.25. The minimum absolute atomic E-state index is 0.168. The molecule has 6 heteroatoms. The van der Waals surface area contributed by atoms with E-state index >= 15 is 0 Å². The lowest BCUT2D eigenvalue weighted by atomic mass is 10.1. The van der Waals surface area contributed by atoms with E-state index in [4.69, 9.17) is 4.74 Å². The molecule has 0 bridgehead atoms. The van der Waals surface area contributed by atoms with Crippen LogP contribution < -0.4 is 15.4 Å². The third-order valence-electron chi connectivity index (χ3n) is 4.35. The number of carbonyl (C=O) groups is 2. The van der Waals surface area contributed by atoms with E-state index in [0.29, 0.717) is 35.7 Å². The van der Waals surface area contributed by atoms with Crippen molar-refractivity contribution in [1.82, 2.24) is 5.32 Å². The van der Waals surface area contributed by atoms with Crippen LogP contribution in [0.1, 0.15) is 39.6 Å². The van der Waals surface area contributed by atoms with Gasteiger partial charge in [0.1, 0.15) is 5.75 Å². The quantitative estimate of drug-likeness (QED) is 0.465. The molecular weight excluding hydrogens is 444 g/mol. The lowest BCUT2D eigenvalue weighted by molar-refractivity contribution is 0.0950. The molecule has 2 N–H and O–H groups in total. The molecule has 0 fully saturated rings. The molecule has 0 heterocycles. The molecule has 154 valence electrons. The average Bonchev–Trinajstić information content (AvgIpc) is 2.77. The van der Waals surface area contributed by atoms with Crippen molar-refractivity contribution >= 4 is 33.4 Å². The maximum atomic E-state index is 12.7.